The third-order valence-electron chi connectivity index (χ3n) is 4.68. The molecular weight excluding hydrogens is 258 g/mol. The Hall–Kier alpha value is -1.61. The minimum atomic E-state index is 0.688. The largest absolute Gasteiger partial charge is 0.383 e. The standard InChI is InChI=1S/C18H25N3/c1-2-16-9-4-3-7-11-21(16)13-15-12-14-8-5-6-10-17(14)20-18(15)19/h5-6,8,10,12,16H,2-4,7,9,11,13H2,1H3,(H2,19,20). The highest BCUT2D eigenvalue weighted by molar-refractivity contribution is 5.81. The van der Waals surface area contributed by atoms with Gasteiger partial charge in [0, 0.05) is 23.5 Å². The van der Waals surface area contributed by atoms with Gasteiger partial charge in [-0.1, -0.05) is 38.0 Å². The molecule has 1 aromatic heterocycles. The highest BCUT2D eigenvalue weighted by Gasteiger charge is 2.20. The number of para-hydroxylation sites is 1. The van der Waals surface area contributed by atoms with Gasteiger partial charge in [0.05, 0.1) is 5.52 Å². The van der Waals surface area contributed by atoms with Crippen LogP contribution in [0.2, 0.25) is 0 Å². The summed E-state index contributed by atoms with van der Waals surface area (Å²) in [6.07, 6.45) is 6.56. The molecule has 0 aliphatic carbocycles. The lowest BCUT2D eigenvalue weighted by Gasteiger charge is -2.29. The number of rotatable bonds is 3. The van der Waals surface area contributed by atoms with Crippen molar-refractivity contribution in [3.8, 4) is 0 Å². The van der Waals surface area contributed by atoms with Gasteiger partial charge in [-0.2, -0.15) is 0 Å². The van der Waals surface area contributed by atoms with Crippen LogP contribution < -0.4 is 5.73 Å². The molecule has 1 aromatic carbocycles. The monoisotopic (exact) mass is 283 g/mol. The Morgan fingerprint density at radius 2 is 2.10 bits per heavy atom. The number of anilines is 1. The molecule has 0 spiro atoms. The van der Waals surface area contributed by atoms with Crippen LogP contribution in [0.5, 0.6) is 0 Å². The summed E-state index contributed by atoms with van der Waals surface area (Å²) in [6.45, 7) is 4.41. The van der Waals surface area contributed by atoms with Crippen molar-refractivity contribution < 1.29 is 0 Å². The molecule has 2 aromatic rings. The van der Waals surface area contributed by atoms with Crippen molar-refractivity contribution in [2.45, 2.75) is 51.6 Å². The van der Waals surface area contributed by atoms with Gasteiger partial charge in [-0.05, 0) is 37.9 Å². The zero-order valence-electron chi connectivity index (χ0n) is 12.9. The van der Waals surface area contributed by atoms with E-state index < -0.39 is 0 Å². The molecule has 1 atom stereocenters. The van der Waals surface area contributed by atoms with Crippen LogP contribution in [-0.4, -0.2) is 22.5 Å². The molecule has 1 unspecified atom stereocenters. The van der Waals surface area contributed by atoms with Gasteiger partial charge in [0.2, 0.25) is 0 Å². The van der Waals surface area contributed by atoms with Crippen LogP contribution in [0.15, 0.2) is 30.3 Å². The van der Waals surface area contributed by atoms with E-state index in [2.05, 4.69) is 35.0 Å². The fourth-order valence-corrected chi connectivity index (χ4v) is 3.43. The molecule has 21 heavy (non-hydrogen) atoms. The van der Waals surface area contributed by atoms with Crippen molar-refractivity contribution in [3.63, 3.8) is 0 Å². The van der Waals surface area contributed by atoms with Crippen LogP contribution in [0, 0.1) is 0 Å². The van der Waals surface area contributed by atoms with E-state index in [1.165, 1.54) is 49.6 Å². The van der Waals surface area contributed by atoms with E-state index in [0.717, 1.165) is 12.1 Å². The fourth-order valence-electron chi connectivity index (χ4n) is 3.43. The molecule has 2 N–H and O–H groups in total. The molecule has 3 nitrogen and oxygen atoms in total. The molecule has 0 saturated carbocycles. The van der Waals surface area contributed by atoms with Gasteiger partial charge in [0.15, 0.2) is 0 Å². The Morgan fingerprint density at radius 1 is 1.24 bits per heavy atom. The van der Waals surface area contributed by atoms with Crippen LogP contribution in [0.25, 0.3) is 10.9 Å². The van der Waals surface area contributed by atoms with Gasteiger partial charge in [-0.15, -0.1) is 0 Å². The number of hydrogen-bond acceptors (Lipinski definition) is 3. The van der Waals surface area contributed by atoms with Gasteiger partial charge < -0.3 is 5.73 Å². The molecule has 0 bridgehead atoms. The van der Waals surface area contributed by atoms with E-state index >= 15 is 0 Å². The van der Waals surface area contributed by atoms with Crippen LogP contribution in [0.3, 0.4) is 0 Å². The molecule has 1 fully saturated rings. The van der Waals surface area contributed by atoms with Crippen LogP contribution in [0.4, 0.5) is 5.82 Å². The van der Waals surface area contributed by atoms with Crippen molar-refractivity contribution in [1.82, 2.24) is 9.88 Å². The Kier molecular flexibility index (Phi) is 4.39. The summed E-state index contributed by atoms with van der Waals surface area (Å²) in [4.78, 5) is 7.17. The lowest BCUT2D eigenvalue weighted by Crippen LogP contribution is -2.34. The van der Waals surface area contributed by atoms with Crippen molar-refractivity contribution in [2.75, 3.05) is 12.3 Å². The van der Waals surface area contributed by atoms with Gasteiger partial charge in [0.25, 0.3) is 0 Å². The fraction of sp³-hybridized carbons (Fsp3) is 0.500. The highest BCUT2D eigenvalue weighted by Crippen LogP contribution is 2.24. The first-order chi connectivity index (χ1) is 10.3. The highest BCUT2D eigenvalue weighted by atomic mass is 15.2. The first-order valence-corrected chi connectivity index (χ1v) is 8.16. The second-order valence-electron chi connectivity index (χ2n) is 6.11. The lowest BCUT2D eigenvalue weighted by molar-refractivity contribution is 0.186. The zero-order chi connectivity index (χ0) is 14.7. The first kappa shape index (κ1) is 14.3. The van der Waals surface area contributed by atoms with E-state index in [1.54, 1.807) is 0 Å². The molecular formula is C18H25N3. The summed E-state index contributed by atoms with van der Waals surface area (Å²) in [5.74, 6) is 0.688. The van der Waals surface area contributed by atoms with Crippen LogP contribution in [-0.2, 0) is 6.54 Å². The van der Waals surface area contributed by atoms with Gasteiger partial charge in [-0.25, -0.2) is 4.98 Å². The Bertz CT molecular complexity index is 608. The van der Waals surface area contributed by atoms with Crippen molar-refractivity contribution >= 4 is 16.7 Å². The number of pyridine rings is 1. The van der Waals surface area contributed by atoms with Crippen molar-refractivity contribution in [3.05, 3.63) is 35.9 Å². The topological polar surface area (TPSA) is 42.2 Å². The Labute approximate surface area is 127 Å². The van der Waals surface area contributed by atoms with Crippen LogP contribution >= 0.6 is 0 Å². The average Bonchev–Trinajstić information content (AvgIpc) is 2.73. The van der Waals surface area contributed by atoms with Crippen molar-refractivity contribution in [1.29, 1.82) is 0 Å². The number of nitrogens with two attached hydrogens (primary N) is 1. The Morgan fingerprint density at radius 3 is 2.95 bits per heavy atom. The van der Waals surface area contributed by atoms with Gasteiger partial charge in [0.1, 0.15) is 5.82 Å². The summed E-state index contributed by atoms with van der Waals surface area (Å²) >= 11 is 0. The third-order valence-corrected chi connectivity index (χ3v) is 4.68. The second kappa shape index (κ2) is 6.44. The summed E-state index contributed by atoms with van der Waals surface area (Å²) in [6, 6.07) is 11.1. The first-order valence-electron chi connectivity index (χ1n) is 8.16. The Balaban J connectivity index is 1.87. The molecule has 3 heteroatoms. The predicted octanol–water partition coefficient (Wildman–Crippen LogP) is 3.97. The molecule has 3 rings (SSSR count). The summed E-state index contributed by atoms with van der Waals surface area (Å²) in [5, 5.41) is 1.18. The summed E-state index contributed by atoms with van der Waals surface area (Å²) < 4.78 is 0. The predicted molar refractivity (Wildman–Crippen MR) is 89.1 cm³/mol. The van der Waals surface area contributed by atoms with E-state index in [1.807, 2.05) is 12.1 Å². The lowest BCUT2D eigenvalue weighted by atomic mass is 10.1. The number of nitrogens with zero attached hydrogens (tertiary/aromatic N) is 2. The van der Waals surface area contributed by atoms with E-state index in [-0.39, 0.29) is 0 Å². The molecule has 0 radical (unpaired) electrons. The maximum absolute atomic E-state index is 6.19. The minimum absolute atomic E-state index is 0.688. The van der Waals surface area contributed by atoms with Crippen LogP contribution in [0.1, 0.15) is 44.6 Å². The number of fused-ring (bicyclic) bond motifs is 1. The van der Waals surface area contributed by atoms with E-state index in [4.69, 9.17) is 5.73 Å². The molecule has 1 aliphatic heterocycles. The maximum atomic E-state index is 6.19. The van der Waals surface area contributed by atoms with Gasteiger partial charge >= 0.3 is 0 Å². The summed E-state index contributed by atoms with van der Waals surface area (Å²) in [5.41, 5.74) is 8.35. The zero-order valence-corrected chi connectivity index (χ0v) is 12.9. The van der Waals surface area contributed by atoms with Crippen molar-refractivity contribution in [2.24, 2.45) is 0 Å². The number of benzene rings is 1. The quantitative estimate of drug-likeness (QED) is 0.926. The number of nitrogen functional groups attached to an aromatic ring is 1. The number of likely N-dealkylation sites (tertiary alicyclic amines) is 1. The number of hydrogen-bond donors (Lipinski definition) is 1. The molecule has 0 amide bonds. The molecule has 112 valence electrons. The minimum Gasteiger partial charge on any atom is -0.383 e. The SMILES string of the molecule is CCC1CCCCCN1Cc1cc2ccccc2nc1N. The second-order valence-corrected chi connectivity index (χ2v) is 6.11. The van der Waals surface area contributed by atoms with E-state index in [0.29, 0.717) is 11.9 Å². The molecule has 1 aliphatic rings. The number of aromatic nitrogens is 1. The normalized spacial score (nSPS) is 20.5. The average molecular weight is 283 g/mol. The molecule has 2 heterocycles. The smallest absolute Gasteiger partial charge is 0.128 e. The molecule has 1 saturated heterocycles. The summed E-state index contributed by atoms with van der Waals surface area (Å²) in [7, 11) is 0. The maximum Gasteiger partial charge on any atom is 0.128 e. The van der Waals surface area contributed by atoms with Gasteiger partial charge in [-0.3, -0.25) is 4.90 Å². The van der Waals surface area contributed by atoms with E-state index in [9.17, 15) is 0 Å². The third kappa shape index (κ3) is 3.18.